The first-order valence-corrected chi connectivity index (χ1v) is 15.9. The summed E-state index contributed by atoms with van der Waals surface area (Å²) in [5.41, 5.74) is 14.1. The molecule has 0 aliphatic rings. The number of nitrogens with zero attached hydrogens (tertiary/aromatic N) is 3. The summed E-state index contributed by atoms with van der Waals surface area (Å²) in [6.07, 6.45) is 6.35. The molecule has 8 aromatic rings. The van der Waals surface area contributed by atoms with E-state index in [2.05, 4.69) is 123 Å². The van der Waals surface area contributed by atoms with E-state index in [9.17, 15) is 0 Å². The average Bonchev–Trinajstić information content (AvgIpc) is 3.57. The molecule has 0 aliphatic carbocycles. The second-order valence-corrected chi connectivity index (χ2v) is 12.3. The molecule has 1 radical (unpaired) electrons. The normalized spacial score (nSPS) is 10.9. The Morgan fingerprint density at radius 2 is 1.48 bits per heavy atom. The maximum Gasteiger partial charge on any atom is 0.0847 e. The molecule has 8 rings (SSSR count). The Labute approximate surface area is 295 Å². The van der Waals surface area contributed by atoms with E-state index in [0.29, 0.717) is 0 Å². The van der Waals surface area contributed by atoms with Crippen molar-refractivity contribution in [2.24, 2.45) is 0 Å². The van der Waals surface area contributed by atoms with E-state index >= 15 is 0 Å². The van der Waals surface area contributed by atoms with Crippen molar-refractivity contribution >= 4 is 32.6 Å². The van der Waals surface area contributed by atoms with Gasteiger partial charge in [-0.2, -0.15) is 0 Å². The Hall–Kier alpha value is -4.96. The minimum Gasteiger partial charge on any atom is -0.506 e. The van der Waals surface area contributed by atoms with Crippen LogP contribution in [0.25, 0.3) is 55.2 Å². The van der Waals surface area contributed by atoms with Crippen LogP contribution in [0.1, 0.15) is 39.1 Å². The third-order valence-electron chi connectivity index (χ3n) is 8.82. The van der Waals surface area contributed by atoms with Gasteiger partial charge in [-0.25, -0.2) is 0 Å². The second kappa shape index (κ2) is 14.0. The van der Waals surface area contributed by atoms with Gasteiger partial charge in [-0.15, -0.1) is 41.0 Å². The van der Waals surface area contributed by atoms with Gasteiger partial charge in [0.25, 0.3) is 0 Å². The van der Waals surface area contributed by atoms with Crippen LogP contribution in [0, 0.1) is 46.8 Å². The number of rotatable bonds is 4. The fourth-order valence-corrected chi connectivity index (χ4v) is 5.82. The third kappa shape index (κ3) is 6.85. The molecule has 0 atom stereocenters. The molecule has 4 heterocycles. The largest absolute Gasteiger partial charge is 0.506 e. The molecule has 48 heavy (non-hydrogen) atoms. The number of pyridine rings is 3. The van der Waals surface area contributed by atoms with Gasteiger partial charge in [-0.3, -0.25) is 9.97 Å². The quantitative estimate of drug-likeness (QED) is 0.166. The zero-order valence-corrected chi connectivity index (χ0v) is 30.1. The van der Waals surface area contributed by atoms with Gasteiger partial charge in [-0.05, 0) is 72.5 Å². The second-order valence-electron chi connectivity index (χ2n) is 12.3. The molecular weight excluding hydrogens is 767 g/mol. The van der Waals surface area contributed by atoms with Crippen molar-refractivity contribution in [2.45, 2.75) is 41.0 Å². The van der Waals surface area contributed by atoms with E-state index in [-0.39, 0.29) is 20.1 Å². The van der Waals surface area contributed by atoms with E-state index in [1.807, 2.05) is 37.5 Å². The molecule has 0 spiro atoms. The SMILES string of the molecule is Cc1c[c-]c(-c2cc(C)c(C)cn2)cc1C.Cc1ccc2c(-c3cc(Cc4ccc5ccccc5c4)ccn3)[c-]c3ccoc3c2n1.[Ir]. The van der Waals surface area contributed by atoms with Crippen LogP contribution in [0.15, 0.2) is 114 Å². The van der Waals surface area contributed by atoms with Crippen molar-refractivity contribution in [1.29, 1.82) is 0 Å². The molecule has 0 fully saturated rings. The topological polar surface area (TPSA) is 51.8 Å². The standard InChI is InChI=1S/C28H19N2O.C15H16N.Ir/c1-18-6-9-24-25(17-23-11-13-31-28(23)27(24)30-18)26-16-20(10-12-29-26)14-19-7-8-21-4-2-3-5-22(21)15-19;1-10-5-6-14(7-11(10)2)15-8-12(3)13(4)9-16-15;/h2-13,15-16H,14H2,1H3;5,7-9H,1-4H3;/q2*-1;. The third-order valence-corrected chi connectivity index (χ3v) is 8.82. The minimum absolute atomic E-state index is 0. The van der Waals surface area contributed by atoms with Gasteiger partial charge in [0.2, 0.25) is 0 Å². The summed E-state index contributed by atoms with van der Waals surface area (Å²) in [7, 11) is 0. The van der Waals surface area contributed by atoms with E-state index in [4.69, 9.17) is 9.40 Å². The molecule has 4 nitrogen and oxygen atoms in total. The van der Waals surface area contributed by atoms with Gasteiger partial charge >= 0.3 is 0 Å². The van der Waals surface area contributed by atoms with Crippen LogP contribution in [0.2, 0.25) is 0 Å². The van der Waals surface area contributed by atoms with Crippen molar-refractivity contribution in [3.63, 3.8) is 0 Å². The number of aryl methyl sites for hydroxylation is 5. The summed E-state index contributed by atoms with van der Waals surface area (Å²) in [6.45, 7) is 10.4. The van der Waals surface area contributed by atoms with Crippen LogP contribution in [0.4, 0.5) is 0 Å². The first-order chi connectivity index (χ1) is 22.8. The summed E-state index contributed by atoms with van der Waals surface area (Å²) in [5, 5.41) is 4.45. The van der Waals surface area contributed by atoms with E-state index in [1.165, 1.54) is 44.2 Å². The predicted octanol–water partition coefficient (Wildman–Crippen LogP) is 10.7. The monoisotopic (exact) mass is 802 g/mol. The summed E-state index contributed by atoms with van der Waals surface area (Å²) in [4.78, 5) is 13.9. The fourth-order valence-electron chi connectivity index (χ4n) is 5.82. The molecule has 0 unspecified atom stereocenters. The number of benzene rings is 4. The Kier molecular flexibility index (Phi) is 9.63. The summed E-state index contributed by atoms with van der Waals surface area (Å²) in [6, 6.07) is 38.5. The number of furan rings is 1. The Balaban J connectivity index is 0.000000201. The van der Waals surface area contributed by atoms with Crippen molar-refractivity contribution < 1.29 is 24.5 Å². The molecule has 0 amide bonds. The molecule has 4 aromatic carbocycles. The van der Waals surface area contributed by atoms with E-state index in [1.54, 1.807) is 6.26 Å². The van der Waals surface area contributed by atoms with Crippen molar-refractivity contribution in [1.82, 2.24) is 15.0 Å². The van der Waals surface area contributed by atoms with Gasteiger partial charge in [0.15, 0.2) is 0 Å². The molecule has 4 aromatic heterocycles. The van der Waals surface area contributed by atoms with E-state index < -0.39 is 0 Å². The van der Waals surface area contributed by atoms with Crippen LogP contribution in [0.3, 0.4) is 0 Å². The smallest absolute Gasteiger partial charge is 0.0847 e. The average molecular weight is 802 g/mol. The van der Waals surface area contributed by atoms with Gasteiger partial charge < -0.3 is 9.40 Å². The molecule has 0 bridgehead atoms. The van der Waals surface area contributed by atoms with Gasteiger partial charge in [0.05, 0.1) is 5.58 Å². The number of hydrogen-bond acceptors (Lipinski definition) is 4. The van der Waals surface area contributed by atoms with Crippen molar-refractivity contribution in [3.8, 4) is 22.5 Å². The number of fused-ring (bicyclic) bond motifs is 4. The first kappa shape index (κ1) is 33.0. The zero-order valence-electron chi connectivity index (χ0n) is 27.7. The van der Waals surface area contributed by atoms with Crippen LogP contribution >= 0.6 is 0 Å². The summed E-state index contributed by atoms with van der Waals surface area (Å²) < 4.78 is 5.70. The Bertz CT molecular complexity index is 2360. The van der Waals surface area contributed by atoms with Gasteiger partial charge in [0.1, 0.15) is 0 Å². The minimum atomic E-state index is 0. The van der Waals surface area contributed by atoms with Crippen LogP contribution in [-0.4, -0.2) is 15.0 Å². The van der Waals surface area contributed by atoms with Crippen LogP contribution < -0.4 is 0 Å². The van der Waals surface area contributed by atoms with Gasteiger partial charge in [0, 0.05) is 55.7 Å². The zero-order chi connectivity index (χ0) is 32.5. The molecule has 0 N–H and O–H groups in total. The predicted molar refractivity (Wildman–Crippen MR) is 193 cm³/mol. The maximum atomic E-state index is 5.70. The first-order valence-electron chi connectivity index (χ1n) is 15.9. The van der Waals surface area contributed by atoms with Crippen molar-refractivity contribution in [3.05, 3.63) is 161 Å². The number of hydrogen-bond donors (Lipinski definition) is 0. The van der Waals surface area contributed by atoms with Crippen LogP contribution in [0.5, 0.6) is 0 Å². The maximum absolute atomic E-state index is 5.70. The molecule has 0 saturated carbocycles. The molecule has 5 heteroatoms. The van der Waals surface area contributed by atoms with E-state index in [0.717, 1.165) is 56.5 Å². The Morgan fingerprint density at radius 1 is 0.688 bits per heavy atom. The molecule has 0 aliphatic heterocycles. The fraction of sp³-hybridized carbons (Fsp3) is 0.140. The Morgan fingerprint density at radius 3 is 2.29 bits per heavy atom. The van der Waals surface area contributed by atoms with Crippen LogP contribution in [-0.2, 0) is 26.5 Å². The molecular formula is C43H35IrN3O-2. The number of aromatic nitrogens is 3. The molecule has 239 valence electrons. The summed E-state index contributed by atoms with van der Waals surface area (Å²) in [5.74, 6) is 0. The molecule has 0 saturated heterocycles. The van der Waals surface area contributed by atoms with Crippen molar-refractivity contribution in [2.75, 3.05) is 0 Å². The summed E-state index contributed by atoms with van der Waals surface area (Å²) >= 11 is 0. The van der Waals surface area contributed by atoms with Gasteiger partial charge in [-0.1, -0.05) is 102 Å².